The van der Waals surface area contributed by atoms with Gasteiger partial charge in [-0.2, -0.15) is 5.10 Å². The third-order valence-corrected chi connectivity index (χ3v) is 5.41. The van der Waals surface area contributed by atoms with Crippen LogP contribution in [0.25, 0.3) is 0 Å². The molecule has 0 spiro atoms. The smallest absolute Gasteiger partial charge is 0.260 e. The summed E-state index contributed by atoms with van der Waals surface area (Å²) in [6.07, 6.45) is 4.57. The van der Waals surface area contributed by atoms with Crippen LogP contribution in [-0.2, 0) is 14.8 Å². The Morgan fingerprint density at radius 3 is 2.31 bits per heavy atom. The maximum atomic E-state index is 12.1. The molecule has 1 amide bonds. The van der Waals surface area contributed by atoms with Crippen LogP contribution in [0.2, 0.25) is 0 Å². The van der Waals surface area contributed by atoms with Crippen molar-refractivity contribution in [1.82, 2.24) is 5.43 Å². The van der Waals surface area contributed by atoms with Crippen LogP contribution in [0.5, 0.6) is 0 Å². The number of nitrogens with zero attached hydrogens (tertiary/aromatic N) is 2. The van der Waals surface area contributed by atoms with E-state index in [1.54, 1.807) is 36.0 Å². The van der Waals surface area contributed by atoms with Gasteiger partial charge in [-0.05, 0) is 43.0 Å². The molecule has 138 valence electrons. The summed E-state index contributed by atoms with van der Waals surface area (Å²) in [5, 5.41) is 3.89. The van der Waals surface area contributed by atoms with Gasteiger partial charge in [0.05, 0.1) is 18.2 Å². The average molecular weight is 392 g/mol. The van der Waals surface area contributed by atoms with E-state index in [4.69, 9.17) is 0 Å². The number of sulfonamides is 1. The van der Waals surface area contributed by atoms with E-state index in [0.717, 1.165) is 26.6 Å². The fourth-order valence-electron chi connectivity index (χ4n) is 2.15. The minimum absolute atomic E-state index is 0.343. The molecule has 0 aliphatic heterocycles. The first-order valence-corrected chi connectivity index (χ1v) is 10.9. The van der Waals surface area contributed by atoms with E-state index in [-0.39, 0.29) is 6.54 Å². The van der Waals surface area contributed by atoms with Gasteiger partial charge in [0.15, 0.2) is 0 Å². The van der Waals surface area contributed by atoms with Crippen LogP contribution in [0.3, 0.4) is 0 Å². The van der Waals surface area contributed by atoms with Crippen LogP contribution in [0.1, 0.15) is 11.1 Å². The lowest BCUT2D eigenvalue weighted by Gasteiger charge is -2.21. The molecule has 0 aliphatic rings. The fraction of sp³-hybridized carbons (Fsp3) is 0.222. The molecule has 1 N–H and O–H groups in total. The number of hydrogen-bond donors (Lipinski definition) is 1. The van der Waals surface area contributed by atoms with E-state index < -0.39 is 15.9 Å². The monoisotopic (exact) mass is 391 g/mol. The highest BCUT2D eigenvalue weighted by atomic mass is 32.2. The van der Waals surface area contributed by atoms with Gasteiger partial charge in [-0.1, -0.05) is 29.8 Å². The Morgan fingerprint density at radius 1 is 1.15 bits per heavy atom. The number of carbonyl (C=O) groups excluding carboxylic acids is 1. The Labute approximate surface area is 158 Å². The molecule has 0 radical (unpaired) electrons. The number of thioether (sulfide) groups is 1. The summed E-state index contributed by atoms with van der Waals surface area (Å²) in [4.78, 5) is 13.2. The lowest BCUT2D eigenvalue weighted by atomic mass is 10.2. The largest absolute Gasteiger partial charge is 0.271 e. The average Bonchev–Trinajstić information content (AvgIpc) is 2.60. The number of carbonyl (C=O) groups is 1. The fourth-order valence-corrected chi connectivity index (χ4v) is 3.41. The Balaban J connectivity index is 2.02. The molecule has 0 fully saturated rings. The second-order valence-electron chi connectivity index (χ2n) is 5.67. The molecule has 0 bridgehead atoms. The number of aryl methyl sites for hydroxylation is 1. The zero-order valence-corrected chi connectivity index (χ0v) is 16.5. The Bertz CT molecular complexity index is 877. The summed E-state index contributed by atoms with van der Waals surface area (Å²) in [5.74, 6) is -0.520. The van der Waals surface area contributed by atoms with Gasteiger partial charge in [0, 0.05) is 4.90 Å². The lowest BCUT2D eigenvalue weighted by Crippen LogP contribution is -2.39. The topological polar surface area (TPSA) is 78.8 Å². The lowest BCUT2D eigenvalue weighted by molar-refractivity contribution is -0.119. The van der Waals surface area contributed by atoms with Crippen LogP contribution >= 0.6 is 11.8 Å². The molecule has 0 unspecified atom stereocenters. The molecule has 0 saturated heterocycles. The molecule has 0 saturated carbocycles. The highest BCUT2D eigenvalue weighted by Gasteiger charge is 2.20. The summed E-state index contributed by atoms with van der Waals surface area (Å²) < 4.78 is 25.1. The first-order valence-electron chi connectivity index (χ1n) is 7.80. The Kier molecular flexibility index (Phi) is 6.82. The van der Waals surface area contributed by atoms with Crippen LogP contribution < -0.4 is 9.73 Å². The van der Waals surface area contributed by atoms with Crippen molar-refractivity contribution in [2.75, 3.05) is 23.4 Å². The predicted molar refractivity (Wildman–Crippen MR) is 107 cm³/mol. The number of nitrogens with one attached hydrogen (secondary N) is 1. The molecule has 2 aromatic rings. The predicted octanol–water partition coefficient (Wildman–Crippen LogP) is 2.63. The minimum atomic E-state index is -3.59. The molecule has 8 heteroatoms. The Morgan fingerprint density at radius 2 is 1.77 bits per heavy atom. The molecule has 2 aromatic carbocycles. The maximum absolute atomic E-state index is 12.1. The van der Waals surface area contributed by atoms with Crippen LogP contribution in [0, 0.1) is 6.92 Å². The van der Waals surface area contributed by atoms with Crippen LogP contribution in [-0.4, -0.2) is 39.6 Å². The minimum Gasteiger partial charge on any atom is -0.271 e. The first kappa shape index (κ1) is 20.0. The summed E-state index contributed by atoms with van der Waals surface area (Å²) in [7, 11) is -3.59. The standard InChI is InChI=1S/C18H21N3O3S2/c1-14-4-8-16(9-5-14)21(26(3,23)24)13-18(22)20-19-12-15-6-10-17(25-2)11-7-15/h4-12H,13H2,1-3H3,(H,20,22)/b19-12+. The van der Waals surface area contributed by atoms with Gasteiger partial charge in [-0.25, -0.2) is 13.8 Å². The van der Waals surface area contributed by atoms with Crippen molar-refractivity contribution < 1.29 is 13.2 Å². The molecule has 0 aromatic heterocycles. The van der Waals surface area contributed by atoms with Crippen molar-refractivity contribution in [3.05, 3.63) is 59.7 Å². The van der Waals surface area contributed by atoms with Gasteiger partial charge >= 0.3 is 0 Å². The number of benzene rings is 2. The third-order valence-electron chi connectivity index (χ3n) is 3.53. The molecule has 0 heterocycles. The van der Waals surface area contributed by atoms with Crippen molar-refractivity contribution in [2.24, 2.45) is 5.10 Å². The van der Waals surface area contributed by atoms with Crippen LogP contribution in [0.15, 0.2) is 58.5 Å². The maximum Gasteiger partial charge on any atom is 0.260 e. The molecule has 26 heavy (non-hydrogen) atoms. The second kappa shape index (κ2) is 8.86. The van der Waals surface area contributed by atoms with Gasteiger partial charge in [0.25, 0.3) is 5.91 Å². The molecular formula is C18H21N3O3S2. The van der Waals surface area contributed by atoms with E-state index in [1.807, 2.05) is 37.4 Å². The molecule has 0 aliphatic carbocycles. The normalized spacial score (nSPS) is 11.5. The van der Waals surface area contributed by atoms with Gasteiger partial charge in [0.1, 0.15) is 6.54 Å². The molecule has 0 atom stereocenters. The van der Waals surface area contributed by atoms with Crippen molar-refractivity contribution in [3.63, 3.8) is 0 Å². The van der Waals surface area contributed by atoms with Crippen molar-refractivity contribution >= 4 is 39.6 Å². The third kappa shape index (κ3) is 5.89. The van der Waals surface area contributed by atoms with Gasteiger partial charge in [-0.15, -0.1) is 11.8 Å². The summed E-state index contributed by atoms with van der Waals surface area (Å²) in [6, 6.07) is 14.6. The number of rotatable bonds is 7. The van der Waals surface area contributed by atoms with E-state index in [9.17, 15) is 13.2 Å². The molecule has 6 nitrogen and oxygen atoms in total. The van der Waals surface area contributed by atoms with Crippen molar-refractivity contribution in [2.45, 2.75) is 11.8 Å². The Hall–Kier alpha value is -2.32. The second-order valence-corrected chi connectivity index (χ2v) is 8.46. The van der Waals surface area contributed by atoms with Crippen LogP contribution in [0.4, 0.5) is 5.69 Å². The number of hydrogen-bond acceptors (Lipinski definition) is 5. The molecule has 2 rings (SSSR count). The summed E-state index contributed by atoms with van der Waals surface area (Å²) in [5.41, 5.74) is 4.64. The first-order chi connectivity index (χ1) is 12.3. The van der Waals surface area contributed by atoms with E-state index in [2.05, 4.69) is 10.5 Å². The van der Waals surface area contributed by atoms with E-state index >= 15 is 0 Å². The zero-order valence-electron chi connectivity index (χ0n) is 14.8. The highest BCUT2D eigenvalue weighted by Crippen LogP contribution is 2.18. The van der Waals surface area contributed by atoms with E-state index in [1.165, 1.54) is 6.21 Å². The van der Waals surface area contributed by atoms with Gasteiger partial charge in [-0.3, -0.25) is 9.10 Å². The molecular weight excluding hydrogens is 370 g/mol. The van der Waals surface area contributed by atoms with E-state index in [0.29, 0.717) is 5.69 Å². The SMILES string of the molecule is CSc1ccc(/C=N/NC(=O)CN(c2ccc(C)cc2)S(C)(=O)=O)cc1. The quantitative estimate of drug-likeness (QED) is 0.447. The number of amides is 1. The van der Waals surface area contributed by atoms with Crippen molar-refractivity contribution in [1.29, 1.82) is 0 Å². The van der Waals surface area contributed by atoms with Gasteiger partial charge < -0.3 is 0 Å². The van der Waals surface area contributed by atoms with Crippen molar-refractivity contribution in [3.8, 4) is 0 Å². The zero-order chi connectivity index (χ0) is 19.2. The summed E-state index contributed by atoms with van der Waals surface area (Å²) in [6.45, 7) is 1.56. The summed E-state index contributed by atoms with van der Waals surface area (Å²) >= 11 is 1.64. The number of hydrazone groups is 1. The number of anilines is 1. The van der Waals surface area contributed by atoms with Gasteiger partial charge in [0.2, 0.25) is 10.0 Å². The highest BCUT2D eigenvalue weighted by molar-refractivity contribution is 7.98.